The fraction of sp³-hybridized carbons (Fsp3) is 0.591. The van der Waals surface area contributed by atoms with Crippen molar-refractivity contribution < 1.29 is 4.43 Å². The van der Waals surface area contributed by atoms with E-state index in [1.807, 2.05) is 0 Å². The van der Waals surface area contributed by atoms with Gasteiger partial charge in [0.05, 0.1) is 16.3 Å². The van der Waals surface area contributed by atoms with E-state index >= 15 is 0 Å². The topological polar surface area (TPSA) is 41.1 Å². The molecular weight excluding hydrogens is 430 g/mol. The number of hydrogen-bond donors (Lipinski definition) is 1. The molecule has 28 heavy (non-hydrogen) atoms. The number of aryl methyl sites for hydroxylation is 1. The molecule has 2 aromatic rings. The Bertz CT molecular complexity index is 785. The van der Waals surface area contributed by atoms with Crippen molar-refractivity contribution in [2.24, 2.45) is 0 Å². The summed E-state index contributed by atoms with van der Waals surface area (Å²) in [5.41, 5.74) is 3.57. The van der Waals surface area contributed by atoms with Gasteiger partial charge in [-0.1, -0.05) is 51.1 Å². The zero-order chi connectivity index (χ0) is 20.5. The number of nitrogens with zero attached hydrogens (tertiary/aromatic N) is 2. The fourth-order valence-corrected chi connectivity index (χ4v) is 5.36. The highest BCUT2D eigenvalue weighted by Crippen LogP contribution is 2.39. The van der Waals surface area contributed by atoms with Crippen LogP contribution in [0.15, 0.2) is 34.8 Å². The zero-order valence-corrected chi connectivity index (χ0v) is 20.6. The molecule has 1 aromatic heterocycles. The molecule has 3 rings (SSSR count). The van der Waals surface area contributed by atoms with Crippen molar-refractivity contribution in [2.75, 3.05) is 6.54 Å². The van der Waals surface area contributed by atoms with Crippen molar-refractivity contribution in [2.45, 2.75) is 77.4 Å². The van der Waals surface area contributed by atoms with Gasteiger partial charge in [0.2, 0.25) is 0 Å². The highest BCUT2D eigenvalue weighted by atomic mass is 79.9. The van der Waals surface area contributed by atoms with Gasteiger partial charge in [0.25, 0.3) is 0 Å². The van der Waals surface area contributed by atoms with Gasteiger partial charge in [-0.3, -0.25) is 10.00 Å². The lowest BCUT2D eigenvalue weighted by atomic mass is 10.1. The molecule has 1 aliphatic heterocycles. The molecule has 2 heterocycles. The van der Waals surface area contributed by atoms with Crippen molar-refractivity contribution in [3.05, 3.63) is 51.8 Å². The van der Waals surface area contributed by atoms with E-state index in [2.05, 4.69) is 102 Å². The molecular formula is C22H34BrN3OSi. The van der Waals surface area contributed by atoms with E-state index in [4.69, 9.17) is 4.43 Å². The number of hydrogen-bond acceptors (Lipinski definition) is 3. The summed E-state index contributed by atoms with van der Waals surface area (Å²) in [6.45, 7) is 15.7. The van der Waals surface area contributed by atoms with Crippen LogP contribution in [0.1, 0.15) is 44.1 Å². The molecule has 0 bridgehead atoms. The smallest absolute Gasteiger partial charge is 0.192 e. The number of benzene rings is 1. The third-order valence-corrected chi connectivity index (χ3v) is 11.9. The molecule has 6 heteroatoms. The minimum Gasteiger partial charge on any atom is -0.413 e. The zero-order valence-electron chi connectivity index (χ0n) is 18.1. The molecule has 2 atom stereocenters. The van der Waals surface area contributed by atoms with Crippen LogP contribution < -0.4 is 0 Å². The maximum Gasteiger partial charge on any atom is 0.192 e. The second-order valence-electron chi connectivity index (χ2n) is 9.62. The van der Waals surface area contributed by atoms with E-state index < -0.39 is 8.32 Å². The SMILES string of the molecule is Cc1[nH]nc(C[C@@H]2C[C@@H](O[Si](C)(C)C(C)(C)C)CN2Cc2ccccc2)c1Br. The van der Waals surface area contributed by atoms with Gasteiger partial charge >= 0.3 is 0 Å². The number of nitrogens with one attached hydrogen (secondary N) is 1. The van der Waals surface area contributed by atoms with Gasteiger partial charge in [-0.15, -0.1) is 0 Å². The molecule has 0 unspecified atom stereocenters. The summed E-state index contributed by atoms with van der Waals surface area (Å²) in [7, 11) is -1.78. The fourth-order valence-electron chi connectivity index (χ4n) is 3.66. The van der Waals surface area contributed by atoms with E-state index in [-0.39, 0.29) is 5.04 Å². The van der Waals surface area contributed by atoms with Gasteiger partial charge in [0.1, 0.15) is 0 Å². The Morgan fingerprint density at radius 3 is 2.50 bits per heavy atom. The van der Waals surface area contributed by atoms with E-state index in [0.29, 0.717) is 12.1 Å². The Kier molecular flexibility index (Phi) is 6.54. The first-order valence-corrected chi connectivity index (χ1v) is 13.9. The molecule has 0 radical (unpaired) electrons. The van der Waals surface area contributed by atoms with Gasteiger partial charge in [-0.25, -0.2) is 0 Å². The van der Waals surface area contributed by atoms with E-state index in [0.717, 1.165) is 41.8 Å². The molecule has 1 N–H and O–H groups in total. The van der Waals surface area contributed by atoms with Crippen molar-refractivity contribution in [1.82, 2.24) is 15.1 Å². The quantitative estimate of drug-likeness (QED) is 0.559. The molecule has 0 saturated carbocycles. The monoisotopic (exact) mass is 463 g/mol. The molecule has 0 aliphatic carbocycles. The van der Waals surface area contributed by atoms with Crippen LogP contribution in [0, 0.1) is 6.92 Å². The van der Waals surface area contributed by atoms with Crippen LogP contribution in [0.3, 0.4) is 0 Å². The lowest BCUT2D eigenvalue weighted by Gasteiger charge is -2.38. The molecule has 154 valence electrons. The number of halogens is 1. The van der Waals surface area contributed by atoms with E-state index in [9.17, 15) is 0 Å². The summed E-state index contributed by atoms with van der Waals surface area (Å²) in [4.78, 5) is 2.59. The number of likely N-dealkylation sites (tertiary alicyclic amines) is 1. The summed E-state index contributed by atoms with van der Waals surface area (Å²) >= 11 is 3.70. The molecule has 4 nitrogen and oxygen atoms in total. The van der Waals surface area contributed by atoms with Gasteiger partial charge < -0.3 is 4.43 Å². The summed E-state index contributed by atoms with van der Waals surface area (Å²) < 4.78 is 7.90. The summed E-state index contributed by atoms with van der Waals surface area (Å²) in [5.74, 6) is 0. The molecule has 0 amide bonds. The highest BCUT2D eigenvalue weighted by molar-refractivity contribution is 9.10. The van der Waals surface area contributed by atoms with E-state index in [1.165, 1.54) is 5.56 Å². The van der Waals surface area contributed by atoms with Crippen LogP contribution in [0.4, 0.5) is 0 Å². The first kappa shape index (κ1) is 21.7. The summed E-state index contributed by atoms with van der Waals surface area (Å²) in [6.07, 6.45) is 2.31. The Balaban J connectivity index is 1.77. The first-order chi connectivity index (χ1) is 13.1. The van der Waals surface area contributed by atoms with Crippen LogP contribution in [-0.4, -0.2) is 42.1 Å². The molecule has 1 aromatic carbocycles. The molecule has 1 saturated heterocycles. The minimum atomic E-state index is -1.78. The number of aromatic nitrogens is 2. The van der Waals surface area contributed by atoms with Crippen LogP contribution in [-0.2, 0) is 17.4 Å². The summed E-state index contributed by atoms with van der Waals surface area (Å²) in [5, 5.41) is 7.87. The third kappa shape index (κ3) is 4.96. The Morgan fingerprint density at radius 1 is 1.25 bits per heavy atom. The number of rotatable bonds is 6. The first-order valence-electron chi connectivity index (χ1n) is 10.2. The predicted octanol–water partition coefficient (Wildman–Crippen LogP) is 5.69. The van der Waals surface area contributed by atoms with Gasteiger partial charge in [0, 0.05) is 31.2 Å². The maximum absolute atomic E-state index is 6.79. The number of aromatic amines is 1. The largest absolute Gasteiger partial charge is 0.413 e. The van der Waals surface area contributed by atoms with Crippen LogP contribution >= 0.6 is 15.9 Å². The van der Waals surface area contributed by atoms with Gasteiger partial charge in [-0.2, -0.15) is 5.10 Å². The molecule has 1 fully saturated rings. The normalized spacial score (nSPS) is 21.4. The summed E-state index contributed by atoms with van der Waals surface area (Å²) in [6, 6.07) is 11.2. The molecule has 1 aliphatic rings. The second kappa shape index (κ2) is 8.42. The van der Waals surface area contributed by atoms with Crippen molar-refractivity contribution in [3.8, 4) is 0 Å². The predicted molar refractivity (Wildman–Crippen MR) is 122 cm³/mol. The number of H-pyrrole nitrogens is 1. The van der Waals surface area contributed by atoms with Crippen LogP contribution in [0.2, 0.25) is 18.1 Å². The second-order valence-corrected chi connectivity index (χ2v) is 15.2. The standard InChI is InChI=1S/C22H34BrN3OSi/c1-16-21(23)20(25-24-16)13-18-12-19(27-28(5,6)22(2,3)4)15-26(18)14-17-10-8-7-9-11-17/h7-11,18-19H,12-15H2,1-6H3,(H,24,25)/t18-,19+/m0/s1. The van der Waals surface area contributed by atoms with Crippen molar-refractivity contribution in [3.63, 3.8) is 0 Å². The Morgan fingerprint density at radius 2 is 1.93 bits per heavy atom. The average molecular weight is 465 g/mol. The Labute approximate surface area is 179 Å². The third-order valence-electron chi connectivity index (χ3n) is 6.36. The van der Waals surface area contributed by atoms with Crippen molar-refractivity contribution >= 4 is 24.2 Å². The maximum atomic E-state index is 6.79. The lowest BCUT2D eigenvalue weighted by molar-refractivity contribution is 0.177. The van der Waals surface area contributed by atoms with Crippen molar-refractivity contribution in [1.29, 1.82) is 0 Å². The van der Waals surface area contributed by atoms with Crippen LogP contribution in [0.25, 0.3) is 0 Å². The van der Waals surface area contributed by atoms with Gasteiger partial charge in [-0.05, 0) is 53.0 Å². The lowest BCUT2D eigenvalue weighted by Crippen LogP contribution is -2.44. The minimum absolute atomic E-state index is 0.234. The Hall–Kier alpha value is -0.953. The van der Waals surface area contributed by atoms with Crippen LogP contribution in [0.5, 0.6) is 0 Å². The highest BCUT2D eigenvalue weighted by Gasteiger charge is 2.42. The van der Waals surface area contributed by atoms with Gasteiger partial charge in [0.15, 0.2) is 8.32 Å². The molecule has 0 spiro atoms. The average Bonchev–Trinajstić information content (AvgIpc) is 3.12. The van der Waals surface area contributed by atoms with E-state index in [1.54, 1.807) is 0 Å².